The number of aromatic nitrogens is 2. The van der Waals surface area contributed by atoms with Crippen molar-refractivity contribution in [3.05, 3.63) is 70.6 Å². The van der Waals surface area contributed by atoms with E-state index in [1.54, 1.807) is 30.0 Å². The lowest BCUT2D eigenvalue weighted by atomic mass is 10.1. The average molecular weight is 396 g/mol. The topological polar surface area (TPSA) is 68.0 Å². The van der Waals surface area contributed by atoms with Gasteiger partial charge in [0, 0.05) is 35.0 Å². The highest BCUT2D eigenvalue weighted by atomic mass is 32.2. The smallest absolute Gasteiger partial charge is 0.255 e. The third-order valence-electron chi connectivity index (χ3n) is 3.93. The summed E-state index contributed by atoms with van der Waals surface area (Å²) >= 11 is 3.36. The van der Waals surface area contributed by atoms with Gasteiger partial charge in [-0.3, -0.25) is 4.79 Å². The molecular formula is C20H17N3O2S2. The predicted octanol–water partition coefficient (Wildman–Crippen LogP) is 5.45. The number of fused-ring (bicyclic) bond motifs is 1. The van der Waals surface area contributed by atoms with Crippen molar-refractivity contribution in [1.82, 2.24) is 9.97 Å². The van der Waals surface area contributed by atoms with E-state index in [0.717, 1.165) is 26.9 Å². The van der Waals surface area contributed by atoms with Gasteiger partial charge in [-0.05, 0) is 42.8 Å². The molecule has 0 bridgehead atoms. The molecule has 1 amide bonds. The zero-order valence-electron chi connectivity index (χ0n) is 14.9. The molecule has 0 aliphatic heterocycles. The van der Waals surface area contributed by atoms with Crippen LogP contribution < -0.4 is 5.32 Å². The number of oxazole rings is 1. The minimum atomic E-state index is -0.149. The Morgan fingerprint density at radius 1 is 1.15 bits per heavy atom. The van der Waals surface area contributed by atoms with Crippen molar-refractivity contribution in [3.8, 4) is 0 Å². The van der Waals surface area contributed by atoms with Gasteiger partial charge in [-0.15, -0.1) is 11.3 Å². The van der Waals surface area contributed by atoms with Crippen molar-refractivity contribution in [2.45, 2.75) is 23.9 Å². The molecule has 5 nitrogen and oxygen atoms in total. The molecule has 0 saturated carbocycles. The molecule has 0 saturated heterocycles. The number of aryl methyl sites for hydroxylation is 2. The van der Waals surface area contributed by atoms with Gasteiger partial charge < -0.3 is 9.73 Å². The summed E-state index contributed by atoms with van der Waals surface area (Å²) in [4.78, 5) is 21.2. The van der Waals surface area contributed by atoms with Gasteiger partial charge >= 0.3 is 0 Å². The molecule has 0 fully saturated rings. The summed E-state index contributed by atoms with van der Waals surface area (Å²) in [6.07, 6.45) is 0. The third-order valence-corrected chi connectivity index (χ3v) is 6.14. The Bertz CT molecular complexity index is 1100. The molecule has 2 aromatic heterocycles. The van der Waals surface area contributed by atoms with Gasteiger partial charge in [-0.25, -0.2) is 9.97 Å². The van der Waals surface area contributed by atoms with E-state index in [0.29, 0.717) is 22.7 Å². The number of amides is 1. The van der Waals surface area contributed by atoms with E-state index in [4.69, 9.17) is 4.42 Å². The predicted molar refractivity (Wildman–Crippen MR) is 110 cm³/mol. The molecule has 0 spiro atoms. The fourth-order valence-corrected chi connectivity index (χ4v) is 4.42. The van der Waals surface area contributed by atoms with E-state index in [2.05, 4.69) is 15.3 Å². The third kappa shape index (κ3) is 4.20. The first-order valence-corrected chi connectivity index (χ1v) is 10.3. The molecule has 136 valence electrons. The fourth-order valence-electron chi connectivity index (χ4n) is 2.62. The first-order chi connectivity index (χ1) is 13.1. The number of hydrogen-bond donors (Lipinski definition) is 1. The van der Waals surface area contributed by atoms with Gasteiger partial charge in [0.15, 0.2) is 11.5 Å². The number of carbonyl (C=O) groups is 1. The quantitative estimate of drug-likeness (QED) is 0.455. The summed E-state index contributed by atoms with van der Waals surface area (Å²) in [6.45, 7) is 3.79. The zero-order chi connectivity index (χ0) is 18.8. The summed E-state index contributed by atoms with van der Waals surface area (Å²) < 4.78 is 6.52. The van der Waals surface area contributed by atoms with Crippen molar-refractivity contribution >= 4 is 45.8 Å². The van der Waals surface area contributed by atoms with Crippen LogP contribution in [0.2, 0.25) is 0 Å². The normalized spacial score (nSPS) is 11.0. The van der Waals surface area contributed by atoms with Crippen LogP contribution in [-0.4, -0.2) is 15.9 Å². The van der Waals surface area contributed by atoms with Crippen molar-refractivity contribution in [2.75, 3.05) is 5.32 Å². The van der Waals surface area contributed by atoms with E-state index in [-0.39, 0.29) is 5.91 Å². The molecule has 0 atom stereocenters. The summed E-state index contributed by atoms with van der Waals surface area (Å²) in [5, 5.41) is 4.95. The molecule has 0 radical (unpaired) electrons. The highest BCUT2D eigenvalue weighted by molar-refractivity contribution is 8.00. The van der Waals surface area contributed by atoms with E-state index in [9.17, 15) is 4.79 Å². The van der Waals surface area contributed by atoms with Crippen molar-refractivity contribution in [3.63, 3.8) is 0 Å². The van der Waals surface area contributed by atoms with Crippen molar-refractivity contribution < 1.29 is 9.21 Å². The van der Waals surface area contributed by atoms with Crippen LogP contribution in [0, 0.1) is 13.8 Å². The number of benzene rings is 2. The van der Waals surface area contributed by atoms with Gasteiger partial charge in [-0.2, -0.15) is 0 Å². The summed E-state index contributed by atoms with van der Waals surface area (Å²) in [5.41, 5.74) is 4.96. The molecule has 0 unspecified atom stereocenters. The Kier molecular flexibility index (Phi) is 4.96. The molecule has 1 N–H and O–H groups in total. The highest BCUT2D eigenvalue weighted by Gasteiger charge is 2.09. The highest BCUT2D eigenvalue weighted by Crippen LogP contribution is 2.26. The summed E-state index contributed by atoms with van der Waals surface area (Å²) in [5.74, 6) is 1.29. The summed E-state index contributed by atoms with van der Waals surface area (Å²) in [6, 6.07) is 13.1. The number of thioether (sulfide) groups is 1. The second-order valence-corrected chi connectivity index (χ2v) is 8.19. The van der Waals surface area contributed by atoms with Crippen molar-refractivity contribution in [2.24, 2.45) is 0 Å². The number of nitrogens with zero attached hydrogens (tertiary/aromatic N) is 2. The SMILES string of the molecule is Cc1csc(SCc2ccc(C(=O)Nc3ccc4oc(C)nc4c3)cc2)n1. The molecular weight excluding hydrogens is 378 g/mol. The van der Waals surface area contributed by atoms with Crippen LogP contribution in [0.5, 0.6) is 0 Å². The van der Waals surface area contributed by atoms with Gasteiger partial charge in [0.05, 0.1) is 0 Å². The fraction of sp³-hybridized carbons (Fsp3) is 0.150. The van der Waals surface area contributed by atoms with E-state index >= 15 is 0 Å². The van der Waals surface area contributed by atoms with E-state index in [1.807, 2.05) is 54.8 Å². The van der Waals surface area contributed by atoms with Crippen LogP contribution in [-0.2, 0) is 5.75 Å². The standard InChI is InChI=1S/C20H17N3O2S2/c1-12-10-26-20(21-12)27-11-14-3-5-15(6-4-14)19(24)23-16-7-8-18-17(9-16)22-13(2)25-18/h3-10H,11H2,1-2H3,(H,23,24). The zero-order valence-corrected chi connectivity index (χ0v) is 16.5. The van der Waals surface area contributed by atoms with Crippen LogP contribution in [0.15, 0.2) is 56.6 Å². The Labute approximate surface area is 164 Å². The average Bonchev–Trinajstić information content (AvgIpc) is 3.24. The lowest BCUT2D eigenvalue weighted by Gasteiger charge is -2.06. The monoisotopic (exact) mass is 395 g/mol. The molecule has 2 aromatic carbocycles. The lowest BCUT2D eigenvalue weighted by Crippen LogP contribution is -2.11. The maximum atomic E-state index is 12.5. The molecule has 27 heavy (non-hydrogen) atoms. The van der Waals surface area contributed by atoms with E-state index in [1.165, 1.54) is 0 Å². The van der Waals surface area contributed by atoms with Crippen LogP contribution in [0.3, 0.4) is 0 Å². The second-order valence-electron chi connectivity index (χ2n) is 6.11. The van der Waals surface area contributed by atoms with Crippen LogP contribution in [0.1, 0.15) is 27.5 Å². The van der Waals surface area contributed by atoms with Gasteiger partial charge in [-0.1, -0.05) is 23.9 Å². The number of anilines is 1. The summed E-state index contributed by atoms with van der Waals surface area (Å²) in [7, 11) is 0. The Morgan fingerprint density at radius 2 is 1.96 bits per heavy atom. The van der Waals surface area contributed by atoms with E-state index < -0.39 is 0 Å². The second kappa shape index (κ2) is 7.54. The first kappa shape index (κ1) is 17.8. The maximum absolute atomic E-state index is 12.5. The van der Waals surface area contributed by atoms with Crippen LogP contribution >= 0.6 is 23.1 Å². The minimum absolute atomic E-state index is 0.149. The lowest BCUT2D eigenvalue weighted by molar-refractivity contribution is 0.102. The molecule has 0 aliphatic carbocycles. The van der Waals surface area contributed by atoms with Crippen LogP contribution in [0.25, 0.3) is 11.1 Å². The first-order valence-electron chi connectivity index (χ1n) is 8.39. The van der Waals surface area contributed by atoms with Gasteiger partial charge in [0.1, 0.15) is 9.86 Å². The van der Waals surface area contributed by atoms with Gasteiger partial charge in [0.2, 0.25) is 0 Å². The number of carbonyl (C=O) groups excluding carboxylic acids is 1. The van der Waals surface area contributed by atoms with Crippen molar-refractivity contribution in [1.29, 1.82) is 0 Å². The maximum Gasteiger partial charge on any atom is 0.255 e. The van der Waals surface area contributed by atoms with Crippen LogP contribution in [0.4, 0.5) is 5.69 Å². The number of thiazole rings is 1. The Balaban J connectivity index is 1.40. The molecule has 7 heteroatoms. The largest absolute Gasteiger partial charge is 0.441 e. The number of nitrogens with one attached hydrogen (secondary N) is 1. The minimum Gasteiger partial charge on any atom is -0.441 e. The number of hydrogen-bond acceptors (Lipinski definition) is 6. The Hall–Kier alpha value is -2.64. The number of rotatable bonds is 5. The van der Waals surface area contributed by atoms with Gasteiger partial charge in [0.25, 0.3) is 5.91 Å². The molecule has 0 aliphatic rings. The molecule has 4 aromatic rings. The Morgan fingerprint density at radius 3 is 2.70 bits per heavy atom. The molecule has 4 rings (SSSR count). The molecule has 2 heterocycles.